The molecule has 2 saturated heterocycles. The number of aryl methyl sites for hydroxylation is 1. The number of carbonyl (C=O) groups is 1. The molecule has 3 fully saturated rings. The average Bonchev–Trinajstić information content (AvgIpc) is 2.96. The van der Waals surface area contributed by atoms with E-state index in [1.165, 1.54) is 19.3 Å². The molecule has 4 aliphatic rings. The summed E-state index contributed by atoms with van der Waals surface area (Å²) in [5.41, 5.74) is 2.37. The fraction of sp³-hybridized carbons (Fsp3) is 0.629. The third-order valence-electron chi connectivity index (χ3n) is 9.89. The first-order valence-electron chi connectivity index (χ1n) is 15.8. The van der Waals surface area contributed by atoms with Gasteiger partial charge in [0.25, 0.3) is 0 Å². The predicted molar refractivity (Wildman–Crippen MR) is 162 cm³/mol. The zero-order chi connectivity index (χ0) is 30.0. The summed E-state index contributed by atoms with van der Waals surface area (Å²) < 4.78 is 19.8. The van der Waals surface area contributed by atoms with Gasteiger partial charge in [-0.1, -0.05) is 63.5 Å². The molecule has 42 heavy (non-hydrogen) atoms. The van der Waals surface area contributed by atoms with Crippen LogP contribution in [-0.4, -0.2) is 57.6 Å². The summed E-state index contributed by atoms with van der Waals surface area (Å²) in [4.78, 5) is 13.7. The molecule has 230 valence electrons. The molecule has 0 amide bonds. The van der Waals surface area contributed by atoms with Crippen molar-refractivity contribution in [1.82, 2.24) is 0 Å². The van der Waals surface area contributed by atoms with Crippen LogP contribution in [0.3, 0.4) is 0 Å². The number of rotatable bonds is 1. The van der Waals surface area contributed by atoms with E-state index >= 15 is 0 Å². The van der Waals surface area contributed by atoms with Crippen molar-refractivity contribution in [3.63, 3.8) is 0 Å². The van der Waals surface area contributed by atoms with E-state index in [9.17, 15) is 20.1 Å². The van der Waals surface area contributed by atoms with Crippen LogP contribution in [0.15, 0.2) is 42.0 Å². The van der Waals surface area contributed by atoms with Crippen molar-refractivity contribution < 1.29 is 34.3 Å². The van der Waals surface area contributed by atoms with Crippen LogP contribution in [0.5, 0.6) is 5.75 Å². The van der Waals surface area contributed by atoms with Crippen LogP contribution in [0.2, 0.25) is 0 Å². The van der Waals surface area contributed by atoms with E-state index in [-0.39, 0.29) is 29.8 Å². The molecule has 5 rings (SSSR count). The maximum atomic E-state index is 13.7. The van der Waals surface area contributed by atoms with Crippen molar-refractivity contribution in [3.8, 4) is 5.75 Å². The third-order valence-corrected chi connectivity index (χ3v) is 9.89. The van der Waals surface area contributed by atoms with Gasteiger partial charge in [0.15, 0.2) is 5.79 Å². The summed E-state index contributed by atoms with van der Waals surface area (Å²) in [7, 11) is 0. The van der Waals surface area contributed by atoms with Gasteiger partial charge in [0.2, 0.25) is 0 Å². The zero-order valence-electron chi connectivity index (χ0n) is 25.5. The maximum absolute atomic E-state index is 13.7. The second-order valence-corrected chi connectivity index (χ2v) is 13.2. The molecule has 8 atom stereocenters. The first-order valence-corrected chi connectivity index (χ1v) is 15.8. The Hall–Kier alpha value is -2.45. The van der Waals surface area contributed by atoms with Gasteiger partial charge in [0, 0.05) is 31.1 Å². The van der Waals surface area contributed by atoms with E-state index in [1.807, 2.05) is 32.1 Å². The molecular weight excluding hydrogens is 532 g/mol. The normalized spacial score (nSPS) is 39.5. The van der Waals surface area contributed by atoms with Gasteiger partial charge >= 0.3 is 5.97 Å². The number of benzene rings is 1. The highest BCUT2D eigenvalue weighted by Crippen LogP contribution is 2.46. The number of phenols is 1. The smallest absolute Gasteiger partial charge is 0.339 e. The quantitative estimate of drug-likeness (QED) is 0.261. The standard InChI is InChI=1S/C35H48O7/c1-21-10-8-9-13-26-17-30(36)23(3)16-29(26)34(39)40-28-18-27(15-14-22(2)32(21)38)41-35(19-28)20-31(37)24(4)33(42-35)25-11-6-5-7-12-25/h8-10,13-14,16-17,21,24-25,27-28,31-33,36-38H,5-7,11-12,15,18-20H2,1-4H3/b10-8+,13-9+,22-14+/t21-,24-,27+,28-,31-,32-,33-,35-/m0/s1. The lowest BCUT2D eigenvalue weighted by Gasteiger charge is -2.53. The molecule has 7 heteroatoms. The van der Waals surface area contributed by atoms with Crippen LogP contribution in [0.1, 0.15) is 100 Å². The summed E-state index contributed by atoms with van der Waals surface area (Å²) in [5, 5.41) is 32.7. The van der Waals surface area contributed by atoms with Crippen molar-refractivity contribution in [1.29, 1.82) is 0 Å². The highest BCUT2D eigenvalue weighted by molar-refractivity contribution is 5.94. The Morgan fingerprint density at radius 3 is 2.48 bits per heavy atom. The van der Waals surface area contributed by atoms with Gasteiger partial charge in [-0.05, 0) is 67.9 Å². The molecular formula is C35H48O7. The number of allylic oxidation sites excluding steroid dienone is 2. The minimum Gasteiger partial charge on any atom is -0.508 e. The molecule has 0 unspecified atom stereocenters. The minimum absolute atomic E-state index is 0.00427. The van der Waals surface area contributed by atoms with E-state index in [1.54, 1.807) is 31.2 Å². The molecule has 0 aromatic heterocycles. The van der Waals surface area contributed by atoms with Crippen molar-refractivity contribution in [2.75, 3.05) is 0 Å². The van der Waals surface area contributed by atoms with Gasteiger partial charge in [0.1, 0.15) is 11.9 Å². The van der Waals surface area contributed by atoms with Crippen LogP contribution in [-0.2, 0) is 14.2 Å². The van der Waals surface area contributed by atoms with E-state index in [2.05, 4.69) is 6.92 Å². The van der Waals surface area contributed by atoms with Crippen molar-refractivity contribution in [2.45, 2.75) is 122 Å². The Bertz CT molecular complexity index is 1210. The summed E-state index contributed by atoms with van der Waals surface area (Å²) in [6.07, 6.45) is 14.6. The van der Waals surface area contributed by atoms with Gasteiger partial charge in [-0.3, -0.25) is 0 Å². The number of esters is 1. The number of carbonyl (C=O) groups excluding carboxylic acids is 1. The Labute approximate surface area is 250 Å². The molecule has 3 heterocycles. The van der Waals surface area contributed by atoms with Crippen molar-refractivity contribution in [3.05, 3.63) is 58.7 Å². The fourth-order valence-electron chi connectivity index (χ4n) is 7.28. The second-order valence-electron chi connectivity index (χ2n) is 13.2. The SMILES string of the molecule is C/C1=C\C[C@@H]2C[C@@H](C[C@]3(C[C@H](O)[C@H](C)[C@@H](C4CCCCC4)O3)O2)OC(=O)c2cc(C)c(O)cc2/C=C/C=C/[C@H](C)[C@@H]1O. The number of hydrogen-bond donors (Lipinski definition) is 3. The maximum Gasteiger partial charge on any atom is 0.339 e. The van der Waals surface area contributed by atoms with Crippen LogP contribution in [0.4, 0.5) is 0 Å². The first-order chi connectivity index (χ1) is 20.0. The average molecular weight is 581 g/mol. The molecule has 1 spiro atoms. The highest BCUT2D eigenvalue weighted by atomic mass is 16.7. The van der Waals surface area contributed by atoms with Gasteiger partial charge in [-0.2, -0.15) is 0 Å². The highest BCUT2D eigenvalue weighted by Gasteiger charge is 2.53. The number of fused-ring (bicyclic) bond motifs is 3. The third kappa shape index (κ3) is 6.85. The molecule has 3 N–H and O–H groups in total. The van der Waals surface area contributed by atoms with E-state index < -0.39 is 30.1 Å². The predicted octanol–water partition coefficient (Wildman–Crippen LogP) is 6.38. The van der Waals surface area contributed by atoms with E-state index in [4.69, 9.17) is 14.2 Å². The van der Waals surface area contributed by atoms with Crippen LogP contribution >= 0.6 is 0 Å². The first kappa shape index (κ1) is 31.0. The molecule has 2 bridgehead atoms. The fourth-order valence-corrected chi connectivity index (χ4v) is 7.28. The number of ether oxygens (including phenoxy) is 3. The Morgan fingerprint density at radius 2 is 1.71 bits per heavy atom. The van der Waals surface area contributed by atoms with Crippen molar-refractivity contribution >= 4 is 12.0 Å². The molecule has 1 aromatic carbocycles. The molecule has 1 aromatic rings. The topological polar surface area (TPSA) is 105 Å². The number of phenolic OH excluding ortho intramolecular Hbond substituents is 1. The monoisotopic (exact) mass is 580 g/mol. The largest absolute Gasteiger partial charge is 0.508 e. The Kier molecular flexibility index (Phi) is 9.63. The summed E-state index contributed by atoms with van der Waals surface area (Å²) in [6, 6.07) is 3.24. The van der Waals surface area contributed by atoms with Gasteiger partial charge in [-0.25, -0.2) is 4.79 Å². The molecule has 0 radical (unpaired) electrons. The van der Waals surface area contributed by atoms with E-state index in [0.29, 0.717) is 48.3 Å². The van der Waals surface area contributed by atoms with Gasteiger partial charge in [-0.15, -0.1) is 0 Å². The number of aliphatic hydroxyl groups is 2. The number of aliphatic hydroxyl groups excluding tert-OH is 2. The lowest BCUT2D eigenvalue weighted by atomic mass is 9.75. The number of hydrogen-bond acceptors (Lipinski definition) is 7. The van der Waals surface area contributed by atoms with Gasteiger partial charge in [0.05, 0.1) is 30.0 Å². The summed E-state index contributed by atoms with van der Waals surface area (Å²) in [6.45, 7) is 7.71. The Balaban J connectivity index is 1.50. The van der Waals surface area contributed by atoms with Gasteiger partial charge < -0.3 is 29.5 Å². The lowest BCUT2D eigenvalue weighted by Crippen LogP contribution is -2.59. The molecule has 3 aliphatic heterocycles. The summed E-state index contributed by atoms with van der Waals surface area (Å²) in [5.74, 6) is -1.18. The van der Waals surface area contributed by atoms with E-state index in [0.717, 1.165) is 18.4 Å². The van der Waals surface area contributed by atoms with Crippen LogP contribution in [0.25, 0.3) is 6.08 Å². The Morgan fingerprint density at radius 1 is 0.952 bits per heavy atom. The summed E-state index contributed by atoms with van der Waals surface area (Å²) >= 11 is 0. The van der Waals surface area contributed by atoms with Crippen molar-refractivity contribution in [2.24, 2.45) is 17.8 Å². The number of aromatic hydroxyl groups is 1. The van der Waals surface area contributed by atoms with Crippen LogP contribution < -0.4 is 0 Å². The minimum atomic E-state index is -1.06. The molecule has 7 nitrogen and oxygen atoms in total. The molecule has 1 saturated carbocycles. The lowest BCUT2D eigenvalue weighted by molar-refractivity contribution is -0.354. The second kappa shape index (κ2) is 13.0. The zero-order valence-corrected chi connectivity index (χ0v) is 25.5. The molecule has 1 aliphatic carbocycles. The van der Waals surface area contributed by atoms with Crippen LogP contribution in [0, 0.1) is 24.7 Å².